The van der Waals surface area contributed by atoms with Gasteiger partial charge in [-0.05, 0) is 19.8 Å². The number of hydrogen-bond donors (Lipinski definition) is 1. The Kier molecular flexibility index (Phi) is 21.0. The van der Waals surface area contributed by atoms with Crippen LogP contribution in [0.3, 0.4) is 0 Å². The van der Waals surface area contributed by atoms with Crippen LogP contribution in [-0.2, 0) is 10.1 Å². The van der Waals surface area contributed by atoms with Crippen molar-refractivity contribution in [1.29, 1.82) is 0 Å². The minimum absolute atomic E-state index is 0. The van der Waals surface area contributed by atoms with Gasteiger partial charge in [-0.2, -0.15) is 0 Å². The molecule has 0 heterocycles. The second kappa shape index (κ2) is 18.9. The molecular weight excluding hydrogens is 371 g/mol. The van der Waals surface area contributed by atoms with E-state index in [0.29, 0.717) is 6.42 Å². The summed E-state index contributed by atoms with van der Waals surface area (Å²) in [7, 11) is -4.62. The molecule has 0 saturated heterocycles. The van der Waals surface area contributed by atoms with E-state index in [4.69, 9.17) is 0 Å². The Labute approximate surface area is 191 Å². The first-order valence-electron chi connectivity index (χ1n) is 11.0. The molecule has 0 saturated carbocycles. The first-order chi connectivity index (χ1) is 12.3. The summed E-state index contributed by atoms with van der Waals surface area (Å²) in [5.74, 6) is 0. The Hall–Kier alpha value is 0.870. The van der Waals surface area contributed by atoms with E-state index >= 15 is 0 Å². The molecule has 0 aliphatic heterocycles. The van der Waals surface area contributed by atoms with Gasteiger partial charge in [0.15, 0.2) is 4.93 Å². The molecule has 0 aliphatic rings. The fourth-order valence-electron chi connectivity index (χ4n) is 3.30. The number of unbranched alkanes of at least 4 members (excludes halogenated alkanes) is 16. The summed E-state index contributed by atoms with van der Waals surface area (Å²) >= 11 is 0. The van der Waals surface area contributed by atoms with Crippen LogP contribution in [0.25, 0.3) is 0 Å². The Morgan fingerprint density at radius 3 is 1.19 bits per heavy atom. The third kappa shape index (κ3) is 18.6. The molecule has 1 unspecified atom stereocenters. The molecule has 0 amide bonds. The molecule has 1 N–H and O–H groups in total. The normalized spacial score (nSPS) is 13.9. The molecule has 0 spiro atoms. The summed E-state index contributed by atoms with van der Waals surface area (Å²) in [4.78, 5) is -2.11. The third-order valence-corrected chi connectivity index (χ3v) is 6.56. The minimum Gasteiger partial charge on any atom is -0.746 e. The van der Waals surface area contributed by atoms with Crippen molar-refractivity contribution in [2.75, 3.05) is 0 Å². The largest absolute Gasteiger partial charge is 1.00 e. The van der Waals surface area contributed by atoms with E-state index < -0.39 is 15.1 Å². The molecule has 27 heavy (non-hydrogen) atoms. The molecule has 0 aromatic rings. The summed E-state index contributed by atoms with van der Waals surface area (Å²) in [6, 6.07) is 0. The number of aliphatic hydroxyl groups is 1. The van der Waals surface area contributed by atoms with Crippen LogP contribution in [0.2, 0.25) is 0 Å². The molecule has 158 valence electrons. The van der Waals surface area contributed by atoms with Crippen molar-refractivity contribution >= 4 is 10.1 Å². The van der Waals surface area contributed by atoms with E-state index in [1.165, 1.54) is 83.5 Å². The van der Waals surface area contributed by atoms with Crippen LogP contribution < -0.4 is 29.6 Å². The van der Waals surface area contributed by atoms with Crippen LogP contribution in [0, 0.1) is 0 Å². The van der Waals surface area contributed by atoms with Crippen LogP contribution in [0.15, 0.2) is 0 Å². The summed E-state index contributed by atoms with van der Waals surface area (Å²) in [6.45, 7) is 3.36. The van der Waals surface area contributed by atoms with E-state index in [9.17, 15) is 18.1 Å². The predicted octanol–water partition coefficient (Wildman–Crippen LogP) is 3.29. The van der Waals surface area contributed by atoms with Gasteiger partial charge < -0.3 is 9.66 Å². The van der Waals surface area contributed by atoms with E-state index in [-0.39, 0.29) is 36.0 Å². The number of rotatable bonds is 19. The maximum atomic E-state index is 10.9. The Morgan fingerprint density at radius 2 is 0.926 bits per heavy atom. The van der Waals surface area contributed by atoms with Crippen LogP contribution in [0.4, 0.5) is 0 Å². The first-order valence-corrected chi connectivity index (χ1v) is 12.4. The van der Waals surface area contributed by atoms with Gasteiger partial charge in [-0.15, -0.1) is 0 Å². The van der Waals surface area contributed by atoms with Gasteiger partial charge in [0.1, 0.15) is 10.1 Å². The molecule has 6 heteroatoms. The van der Waals surface area contributed by atoms with E-state index in [1.54, 1.807) is 0 Å². The second-order valence-corrected chi connectivity index (χ2v) is 9.82. The van der Waals surface area contributed by atoms with E-state index in [2.05, 4.69) is 6.92 Å². The molecule has 4 nitrogen and oxygen atoms in total. The van der Waals surface area contributed by atoms with Crippen LogP contribution in [0.5, 0.6) is 0 Å². The van der Waals surface area contributed by atoms with Gasteiger partial charge in [0.2, 0.25) is 0 Å². The Bertz CT molecular complexity index is 410. The van der Waals surface area contributed by atoms with Gasteiger partial charge in [-0.3, -0.25) is 0 Å². The van der Waals surface area contributed by atoms with Gasteiger partial charge in [-0.25, -0.2) is 8.42 Å². The molecule has 0 aliphatic carbocycles. The van der Waals surface area contributed by atoms with Crippen LogP contribution >= 0.6 is 0 Å². The standard InChI is InChI=1S/C21H44O4S.Na/c1-3-4-5-6-7-8-9-10-11-12-13-14-15-16-17-18-19-20-21(2,22)26(23,24)25;/h22H,3-20H2,1-2H3,(H,23,24,25);/q;+1/p-1. The van der Waals surface area contributed by atoms with Crippen molar-refractivity contribution in [3.05, 3.63) is 0 Å². The Balaban J connectivity index is 0. The van der Waals surface area contributed by atoms with Crippen LogP contribution in [-0.4, -0.2) is 23.0 Å². The van der Waals surface area contributed by atoms with Crippen molar-refractivity contribution in [3.63, 3.8) is 0 Å². The molecule has 0 aromatic carbocycles. The predicted molar refractivity (Wildman–Crippen MR) is 109 cm³/mol. The zero-order valence-corrected chi connectivity index (χ0v) is 21.1. The average molecular weight is 415 g/mol. The Morgan fingerprint density at radius 1 is 0.667 bits per heavy atom. The van der Waals surface area contributed by atoms with Crippen molar-refractivity contribution in [2.45, 2.75) is 134 Å². The SMILES string of the molecule is CCCCCCCCCCCCCCCCCCCC(C)(O)S(=O)(=O)[O-].[Na+]. The molecule has 0 fully saturated rings. The quantitative estimate of drug-likeness (QED) is 0.200. The summed E-state index contributed by atoms with van der Waals surface area (Å²) in [5, 5.41) is 9.58. The van der Waals surface area contributed by atoms with Crippen molar-refractivity contribution in [2.24, 2.45) is 0 Å². The van der Waals surface area contributed by atoms with E-state index in [1.807, 2.05) is 0 Å². The monoisotopic (exact) mass is 414 g/mol. The van der Waals surface area contributed by atoms with Crippen molar-refractivity contribution < 1.29 is 47.6 Å². The second-order valence-electron chi connectivity index (χ2n) is 8.04. The maximum absolute atomic E-state index is 10.9. The summed E-state index contributed by atoms with van der Waals surface area (Å²) < 4.78 is 32.6. The maximum Gasteiger partial charge on any atom is 1.00 e. The first kappa shape index (κ1) is 30.1. The van der Waals surface area contributed by atoms with Gasteiger partial charge in [0.05, 0.1) is 0 Å². The molecule has 0 aromatic heterocycles. The molecule has 1 atom stereocenters. The van der Waals surface area contributed by atoms with Crippen molar-refractivity contribution in [1.82, 2.24) is 0 Å². The van der Waals surface area contributed by atoms with Gasteiger partial charge in [0, 0.05) is 0 Å². The fraction of sp³-hybridized carbons (Fsp3) is 1.00. The zero-order valence-electron chi connectivity index (χ0n) is 18.3. The fourth-order valence-corrected chi connectivity index (χ4v) is 3.70. The minimum atomic E-state index is -4.62. The van der Waals surface area contributed by atoms with Gasteiger partial charge >= 0.3 is 29.6 Å². The van der Waals surface area contributed by atoms with E-state index in [0.717, 1.165) is 26.2 Å². The smallest absolute Gasteiger partial charge is 0.746 e. The molecule has 0 rings (SSSR count). The summed E-state index contributed by atoms with van der Waals surface area (Å²) in [6.07, 6.45) is 21.4. The summed E-state index contributed by atoms with van der Waals surface area (Å²) in [5.41, 5.74) is 0. The topological polar surface area (TPSA) is 77.4 Å². The van der Waals surface area contributed by atoms with Gasteiger partial charge in [0.25, 0.3) is 0 Å². The third-order valence-electron chi connectivity index (χ3n) is 5.28. The molecule has 0 radical (unpaired) electrons. The van der Waals surface area contributed by atoms with Crippen LogP contribution in [0.1, 0.15) is 129 Å². The van der Waals surface area contributed by atoms with Crippen molar-refractivity contribution in [3.8, 4) is 0 Å². The van der Waals surface area contributed by atoms with Gasteiger partial charge in [-0.1, -0.05) is 110 Å². The molecule has 0 bridgehead atoms. The average Bonchev–Trinajstić information content (AvgIpc) is 2.56. The zero-order chi connectivity index (χ0) is 19.7. The number of hydrogen-bond acceptors (Lipinski definition) is 4. The molecular formula is C21H43NaO4S.